The largest absolute Gasteiger partial charge is 0.382 e. The summed E-state index contributed by atoms with van der Waals surface area (Å²) in [7, 11) is 0. The molecule has 1 atom stereocenters. The first-order valence-electron chi connectivity index (χ1n) is 9.97. The van der Waals surface area contributed by atoms with Crippen LogP contribution in [0.15, 0.2) is 42.5 Å². The highest BCUT2D eigenvalue weighted by molar-refractivity contribution is 5.80. The van der Waals surface area contributed by atoms with Crippen molar-refractivity contribution < 1.29 is 5.11 Å². The highest BCUT2D eigenvalue weighted by atomic mass is 16.3. The molecule has 3 rings (SSSR count). The Kier molecular flexibility index (Phi) is 6.35. The van der Waals surface area contributed by atoms with Crippen LogP contribution >= 0.6 is 0 Å². The lowest BCUT2D eigenvalue weighted by atomic mass is 9.97. The van der Waals surface area contributed by atoms with Gasteiger partial charge in [-0.2, -0.15) is 5.26 Å². The monoisotopic (exact) mass is 378 g/mol. The van der Waals surface area contributed by atoms with Gasteiger partial charge < -0.3 is 10.4 Å². The average Bonchev–Trinajstić information content (AvgIpc) is 2.66. The van der Waals surface area contributed by atoms with E-state index in [2.05, 4.69) is 53.6 Å². The molecule has 1 fully saturated rings. The average molecular weight is 379 g/mol. The summed E-state index contributed by atoms with van der Waals surface area (Å²) >= 11 is 0. The number of nitrogens with one attached hydrogen (secondary N) is 2. The number of hydrogen-bond acceptors (Lipinski definition) is 5. The summed E-state index contributed by atoms with van der Waals surface area (Å²) in [5.41, 5.74) is 4.54. The molecular formula is C23H30N4O. The van der Waals surface area contributed by atoms with Crippen molar-refractivity contribution in [3.8, 4) is 17.2 Å². The molecule has 1 aliphatic rings. The van der Waals surface area contributed by atoms with Crippen molar-refractivity contribution in [3.05, 3.63) is 53.6 Å². The van der Waals surface area contributed by atoms with Crippen LogP contribution in [-0.2, 0) is 6.42 Å². The Morgan fingerprint density at radius 3 is 2.64 bits per heavy atom. The minimum Gasteiger partial charge on any atom is -0.382 e. The zero-order chi connectivity index (χ0) is 20.1. The van der Waals surface area contributed by atoms with Crippen molar-refractivity contribution in [2.24, 2.45) is 0 Å². The van der Waals surface area contributed by atoms with Crippen molar-refractivity contribution >= 4 is 5.69 Å². The number of benzene rings is 2. The summed E-state index contributed by atoms with van der Waals surface area (Å²) < 4.78 is 0. The lowest BCUT2D eigenvalue weighted by Gasteiger charge is -2.37. The summed E-state index contributed by atoms with van der Waals surface area (Å²) in [6.45, 7) is 9.40. The van der Waals surface area contributed by atoms with Gasteiger partial charge >= 0.3 is 0 Å². The molecule has 2 aromatic rings. The van der Waals surface area contributed by atoms with Crippen molar-refractivity contribution in [1.82, 2.24) is 10.2 Å². The van der Waals surface area contributed by atoms with Crippen molar-refractivity contribution in [3.63, 3.8) is 0 Å². The molecule has 28 heavy (non-hydrogen) atoms. The summed E-state index contributed by atoms with van der Waals surface area (Å²) in [6.07, 6.45) is 0.912. The number of para-hydroxylation sites is 1. The standard InChI is InChI=1S/C23H30N4O/c1-17(2)26-22-20(11-13-27-14-12-25-23(3,28)16-27)5-4-6-21(22)19-9-7-18(15-24)8-10-19/h4-10,17,25-26,28H,11-14,16H2,1-3H3. The Bertz CT molecular complexity index is 837. The number of β-amino-alcohol motifs (C(OH)–C–C–N with tert-alkyl or cyclic N) is 1. The number of piperazine rings is 1. The first-order valence-corrected chi connectivity index (χ1v) is 9.97. The fourth-order valence-corrected chi connectivity index (χ4v) is 3.76. The molecule has 0 bridgehead atoms. The third-order valence-electron chi connectivity index (χ3n) is 5.07. The van der Waals surface area contributed by atoms with Crippen LogP contribution in [-0.4, -0.2) is 48.0 Å². The SMILES string of the molecule is CC(C)Nc1c(CCN2CCNC(C)(O)C2)cccc1-c1ccc(C#N)cc1. The number of hydrogen-bond donors (Lipinski definition) is 3. The predicted molar refractivity (Wildman–Crippen MR) is 114 cm³/mol. The van der Waals surface area contributed by atoms with Gasteiger partial charge in [0.05, 0.1) is 11.6 Å². The fourth-order valence-electron chi connectivity index (χ4n) is 3.76. The summed E-state index contributed by atoms with van der Waals surface area (Å²) in [6, 6.07) is 16.7. The summed E-state index contributed by atoms with van der Waals surface area (Å²) in [5, 5.41) is 26.1. The van der Waals surface area contributed by atoms with E-state index in [-0.39, 0.29) is 0 Å². The van der Waals surface area contributed by atoms with E-state index >= 15 is 0 Å². The van der Waals surface area contributed by atoms with Gasteiger partial charge in [-0.25, -0.2) is 0 Å². The molecule has 3 N–H and O–H groups in total. The third-order valence-corrected chi connectivity index (χ3v) is 5.07. The van der Waals surface area contributed by atoms with Gasteiger partial charge in [-0.3, -0.25) is 10.2 Å². The summed E-state index contributed by atoms with van der Waals surface area (Å²) in [4.78, 5) is 2.31. The van der Waals surface area contributed by atoms with Gasteiger partial charge in [-0.1, -0.05) is 30.3 Å². The predicted octanol–water partition coefficient (Wildman–Crippen LogP) is 3.20. The minimum absolute atomic E-state index is 0.318. The molecule has 0 aliphatic carbocycles. The zero-order valence-corrected chi connectivity index (χ0v) is 17.0. The molecule has 1 heterocycles. The summed E-state index contributed by atoms with van der Waals surface area (Å²) in [5.74, 6) is 0. The van der Waals surface area contributed by atoms with Crippen LogP contribution < -0.4 is 10.6 Å². The molecule has 0 saturated carbocycles. The normalized spacial score (nSPS) is 20.1. The zero-order valence-electron chi connectivity index (χ0n) is 17.0. The molecule has 148 valence electrons. The third kappa shape index (κ3) is 5.11. The molecule has 0 amide bonds. The molecule has 5 nitrogen and oxygen atoms in total. The van der Waals surface area contributed by atoms with Crippen molar-refractivity contribution in [2.75, 3.05) is 31.5 Å². The Balaban J connectivity index is 1.85. The van der Waals surface area contributed by atoms with E-state index in [0.717, 1.165) is 42.9 Å². The Labute approximate surface area is 168 Å². The molecule has 1 unspecified atom stereocenters. The second-order valence-electron chi connectivity index (χ2n) is 8.05. The maximum atomic E-state index is 10.3. The van der Waals surface area contributed by atoms with Crippen molar-refractivity contribution in [1.29, 1.82) is 5.26 Å². The van der Waals surface area contributed by atoms with Crippen LogP contribution in [0.5, 0.6) is 0 Å². The Hall–Kier alpha value is -2.39. The van der Waals surface area contributed by atoms with E-state index < -0.39 is 5.72 Å². The van der Waals surface area contributed by atoms with Gasteiger partial charge in [0.15, 0.2) is 0 Å². The van der Waals surface area contributed by atoms with E-state index in [0.29, 0.717) is 18.2 Å². The number of rotatable bonds is 6. The highest BCUT2D eigenvalue weighted by Crippen LogP contribution is 2.32. The van der Waals surface area contributed by atoms with Crippen molar-refractivity contribution in [2.45, 2.75) is 39.0 Å². The molecule has 0 spiro atoms. The van der Waals surface area contributed by atoms with E-state index in [9.17, 15) is 5.11 Å². The van der Waals surface area contributed by atoms with E-state index in [1.165, 1.54) is 5.56 Å². The van der Waals surface area contributed by atoms with Gasteiger partial charge in [-0.15, -0.1) is 0 Å². The van der Waals surface area contributed by atoms with Gasteiger partial charge in [0.1, 0.15) is 5.72 Å². The molecule has 2 aromatic carbocycles. The molecule has 0 radical (unpaired) electrons. The Morgan fingerprint density at radius 2 is 2.00 bits per heavy atom. The van der Waals surface area contributed by atoms with Crippen LogP contribution in [0.4, 0.5) is 5.69 Å². The quantitative estimate of drug-likeness (QED) is 0.720. The van der Waals surface area contributed by atoms with Gasteiger partial charge in [-0.05, 0) is 50.5 Å². The topological polar surface area (TPSA) is 71.3 Å². The maximum absolute atomic E-state index is 10.3. The number of nitrogens with zero attached hydrogens (tertiary/aromatic N) is 2. The first kappa shape index (κ1) is 20.3. The van der Waals surface area contributed by atoms with Crippen LogP contribution in [0.2, 0.25) is 0 Å². The molecular weight excluding hydrogens is 348 g/mol. The number of nitriles is 1. The smallest absolute Gasteiger partial charge is 0.126 e. The van der Waals surface area contributed by atoms with Crippen LogP contribution in [0, 0.1) is 11.3 Å². The van der Waals surface area contributed by atoms with E-state index in [1.807, 2.05) is 31.2 Å². The maximum Gasteiger partial charge on any atom is 0.126 e. The van der Waals surface area contributed by atoms with Crippen LogP contribution in [0.1, 0.15) is 31.9 Å². The minimum atomic E-state index is -0.818. The van der Waals surface area contributed by atoms with E-state index in [4.69, 9.17) is 5.26 Å². The molecule has 1 aliphatic heterocycles. The lowest BCUT2D eigenvalue weighted by molar-refractivity contribution is -0.0338. The first-order chi connectivity index (χ1) is 13.4. The van der Waals surface area contributed by atoms with Crippen LogP contribution in [0.3, 0.4) is 0 Å². The lowest BCUT2D eigenvalue weighted by Crippen LogP contribution is -2.58. The van der Waals surface area contributed by atoms with E-state index in [1.54, 1.807) is 0 Å². The Morgan fingerprint density at radius 1 is 1.25 bits per heavy atom. The van der Waals surface area contributed by atoms with Gasteiger partial charge in [0.2, 0.25) is 0 Å². The molecule has 5 heteroatoms. The van der Waals surface area contributed by atoms with Gasteiger partial charge in [0, 0.05) is 43.5 Å². The second-order valence-corrected chi connectivity index (χ2v) is 8.05. The molecule has 1 saturated heterocycles. The fraction of sp³-hybridized carbons (Fsp3) is 0.435. The second kappa shape index (κ2) is 8.74. The van der Waals surface area contributed by atoms with Crippen LogP contribution in [0.25, 0.3) is 11.1 Å². The van der Waals surface area contributed by atoms with Gasteiger partial charge in [0.25, 0.3) is 0 Å². The number of anilines is 1. The molecule has 0 aromatic heterocycles. The highest BCUT2D eigenvalue weighted by Gasteiger charge is 2.27. The number of aliphatic hydroxyl groups is 1.